The quantitative estimate of drug-likeness (QED) is 0.794. The first kappa shape index (κ1) is 14.5. The highest BCUT2D eigenvalue weighted by Crippen LogP contribution is 2.35. The van der Waals surface area contributed by atoms with Gasteiger partial charge < -0.3 is 10.0 Å². The molecule has 17 heavy (non-hydrogen) atoms. The number of nitrogens with zero attached hydrogens (tertiary/aromatic N) is 2. The second-order valence-electron chi connectivity index (χ2n) is 5.88. The molecule has 0 aromatic rings. The van der Waals surface area contributed by atoms with E-state index in [2.05, 4.69) is 37.7 Å². The molecule has 1 rings (SSSR count). The number of aliphatic carboxylic acids is 1. The number of likely N-dealkylation sites (N-methyl/N-ethyl adjacent to an activating group) is 1. The number of carbonyl (C=O) groups is 1. The molecular weight excluding hydrogens is 216 g/mol. The van der Waals surface area contributed by atoms with Crippen LogP contribution in [-0.4, -0.2) is 60.1 Å². The van der Waals surface area contributed by atoms with Crippen molar-refractivity contribution in [3.05, 3.63) is 0 Å². The fourth-order valence-corrected chi connectivity index (χ4v) is 2.71. The number of hydrogen-bond donors (Lipinski definition) is 1. The first-order chi connectivity index (χ1) is 7.84. The van der Waals surface area contributed by atoms with E-state index in [9.17, 15) is 4.79 Å². The first-order valence-electron chi connectivity index (χ1n) is 6.45. The number of hydrogen-bond acceptors (Lipinski definition) is 3. The van der Waals surface area contributed by atoms with Crippen molar-refractivity contribution in [1.82, 2.24) is 9.80 Å². The normalized spacial score (nSPS) is 25.1. The SMILES string of the molecule is CN(C)CCN1CCCC(CC(=O)O)C1(C)C. The molecule has 4 heteroatoms. The van der Waals surface area contributed by atoms with Crippen LogP contribution in [0.25, 0.3) is 0 Å². The summed E-state index contributed by atoms with van der Waals surface area (Å²) in [6.07, 6.45) is 2.46. The predicted molar refractivity (Wildman–Crippen MR) is 69.2 cm³/mol. The maximum atomic E-state index is 10.9. The van der Waals surface area contributed by atoms with Crippen molar-refractivity contribution in [1.29, 1.82) is 0 Å². The summed E-state index contributed by atoms with van der Waals surface area (Å²) in [6, 6.07) is 0. The number of carboxylic acids is 1. The molecule has 1 saturated heterocycles. The van der Waals surface area contributed by atoms with Gasteiger partial charge in [0.05, 0.1) is 0 Å². The standard InChI is InChI=1S/C13H26N2O2/c1-13(2)11(10-12(16)17)6-5-7-15(13)9-8-14(3)4/h11H,5-10H2,1-4H3,(H,16,17). The molecule has 4 nitrogen and oxygen atoms in total. The van der Waals surface area contributed by atoms with E-state index in [1.165, 1.54) is 0 Å². The van der Waals surface area contributed by atoms with Crippen LogP contribution < -0.4 is 0 Å². The van der Waals surface area contributed by atoms with Crippen molar-refractivity contribution in [3.63, 3.8) is 0 Å². The van der Waals surface area contributed by atoms with Gasteiger partial charge >= 0.3 is 5.97 Å². The second kappa shape index (κ2) is 5.83. The monoisotopic (exact) mass is 242 g/mol. The number of likely N-dealkylation sites (tertiary alicyclic amines) is 1. The lowest BCUT2D eigenvalue weighted by Crippen LogP contribution is -2.55. The lowest BCUT2D eigenvalue weighted by atomic mass is 9.77. The molecule has 1 aliphatic heterocycles. The van der Waals surface area contributed by atoms with Crippen LogP contribution in [0.4, 0.5) is 0 Å². The highest BCUT2D eigenvalue weighted by Gasteiger charge is 2.38. The van der Waals surface area contributed by atoms with Gasteiger partial charge in [-0.05, 0) is 53.2 Å². The third kappa shape index (κ3) is 3.96. The summed E-state index contributed by atoms with van der Waals surface area (Å²) in [6.45, 7) is 7.53. The summed E-state index contributed by atoms with van der Waals surface area (Å²) >= 11 is 0. The molecule has 0 aromatic heterocycles. The van der Waals surface area contributed by atoms with Gasteiger partial charge in [-0.1, -0.05) is 0 Å². The van der Waals surface area contributed by atoms with Gasteiger partial charge in [0.25, 0.3) is 0 Å². The third-order valence-electron chi connectivity index (χ3n) is 4.03. The van der Waals surface area contributed by atoms with Crippen LogP contribution in [0.2, 0.25) is 0 Å². The Hall–Kier alpha value is -0.610. The Bertz CT molecular complexity index is 264. The van der Waals surface area contributed by atoms with Crippen molar-refractivity contribution >= 4 is 5.97 Å². The van der Waals surface area contributed by atoms with Gasteiger partial charge in [0.1, 0.15) is 0 Å². The summed E-state index contributed by atoms with van der Waals surface area (Å²) < 4.78 is 0. The Labute approximate surface area is 105 Å². The van der Waals surface area contributed by atoms with E-state index in [-0.39, 0.29) is 11.5 Å². The molecule has 0 saturated carbocycles. The molecule has 0 radical (unpaired) electrons. The maximum Gasteiger partial charge on any atom is 0.303 e. The summed E-state index contributed by atoms with van der Waals surface area (Å²) in [5.41, 5.74) is 0.00660. The zero-order valence-corrected chi connectivity index (χ0v) is 11.6. The molecule has 1 fully saturated rings. The minimum Gasteiger partial charge on any atom is -0.481 e. The molecule has 1 atom stereocenters. The largest absolute Gasteiger partial charge is 0.481 e. The molecule has 0 amide bonds. The smallest absolute Gasteiger partial charge is 0.303 e. The lowest BCUT2D eigenvalue weighted by Gasteiger charge is -2.48. The fourth-order valence-electron chi connectivity index (χ4n) is 2.71. The molecule has 1 heterocycles. The molecule has 1 unspecified atom stereocenters. The van der Waals surface area contributed by atoms with E-state index in [0.717, 1.165) is 32.5 Å². The average Bonchev–Trinajstić information content (AvgIpc) is 2.18. The maximum absolute atomic E-state index is 10.9. The number of carboxylic acid groups (broad SMARTS) is 1. The highest BCUT2D eigenvalue weighted by molar-refractivity contribution is 5.67. The summed E-state index contributed by atoms with van der Waals surface area (Å²) in [5, 5.41) is 8.98. The van der Waals surface area contributed by atoms with E-state index in [1.54, 1.807) is 0 Å². The molecule has 1 aliphatic rings. The van der Waals surface area contributed by atoms with E-state index >= 15 is 0 Å². The molecule has 0 bridgehead atoms. The minimum absolute atomic E-state index is 0.00660. The second-order valence-corrected chi connectivity index (χ2v) is 5.88. The lowest BCUT2D eigenvalue weighted by molar-refractivity contribution is -0.140. The molecule has 0 aromatic carbocycles. The molecular formula is C13H26N2O2. The highest BCUT2D eigenvalue weighted by atomic mass is 16.4. The van der Waals surface area contributed by atoms with E-state index in [1.807, 2.05) is 0 Å². The van der Waals surface area contributed by atoms with E-state index in [0.29, 0.717) is 6.42 Å². The van der Waals surface area contributed by atoms with E-state index < -0.39 is 5.97 Å². The van der Waals surface area contributed by atoms with Crippen LogP contribution in [0.1, 0.15) is 33.1 Å². The van der Waals surface area contributed by atoms with Crippen molar-refractivity contribution in [3.8, 4) is 0 Å². The van der Waals surface area contributed by atoms with Gasteiger partial charge in [-0.2, -0.15) is 0 Å². The summed E-state index contributed by atoms with van der Waals surface area (Å²) in [7, 11) is 4.15. The molecule has 100 valence electrons. The van der Waals surface area contributed by atoms with Crippen molar-refractivity contribution < 1.29 is 9.90 Å². The zero-order valence-electron chi connectivity index (χ0n) is 11.6. The van der Waals surface area contributed by atoms with Crippen molar-refractivity contribution in [2.45, 2.75) is 38.6 Å². The van der Waals surface area contributed by atoms with Crippen LogP contribution in [0, 0.1) is 5.92 Å². The topological polar surface area (TPSA) is 43.8 Å². The summed E-state index contributed by atoms with van der Waals surface area (Å²) in [5.74, 6) is -0.395. The predicted octanol–water partition coefficient (Wildman–Crippen LogP) is 1.51. The Morgan fingerprint density at radius 3 is 2.65 bits per heavy atom. The van der Waals surface area contributed by atoms with Crippen LogP contribution in [0.15, 0.2) is 0 Å². The van der Waals surface area contributed by atoms with Gasteiger partial charge in [0.2, 0.25) is 0 Å². The Morgan fingerprint density at radius 1 is 1.47 bits per heavy atom. The third-order valence-corrected chi connectivity index (χ3v) is 4.03. The summed E-state index contributed by atoms with van der Waals surface area (Å²) in [4.78, 5) is 15.5. The van der Waals surface area contributed by atoms with Gasteiger partial charge in [0.15, 0.2) is 0 Å². The fraction of sp³-hybridized carbons (Fsp3) is 0.923. The van der Waals surface area contributed by atoms with Gasteiger partial charge in [0, 0.05) is 25.0 Å². The van der Waals surface area contributed by atoms with Crippen LogP contribution in [0.5, 0.6) is 0 Å². The zero-order chi connectivity index (χ0) is 13.1. The molecule has 0 aliphatic carbocycles. The molecule has 1 N–H and O–H groups in total. The van der Waals surface area contributed by atoms with Crippen molar-refractivity contribution in [2.24, 2.45) is 5.92 Å². The van der Waals surface area contributed by atoms with Crippen LogP contribution >= 0.6 is 0 Å². The Balaban J connectivity index is 2.62. The number of piperidine rings is 1. The first-order valence-corrected chi connectivity index (χ1v) is 6.45. The number of rotatable bonds is 5. The van der Waals surface area contributed by atoms with Gasteiger partial charge in [-0.3, -0.25) is 9.69 Å². The van der Waals surface area contributed by atoms with Gasteiger partial charge in [-0.15, -0.1) is 0 Å². The molecule has 0 spiro atoms. The van der Waals surface area contributed by atoms with Crippen LogP contribution in [0.3, 0.4) is 0 Å². The van der Waals surface area contributed by atoms with Gasteiger partial charge in [-0.25, -0.2) is 0 Å². The van der Waals surface area contributed by atoms with Crippen molar-refractivity contribution in [2.75, 3.05) is 33.7 Å². The van der Waals surface area contributed by atoms with Crippen LogP contribution in [-0.2, 0) is 4.79 Å². The van der Waals surface area contributed by atoms with E-state index in [4.69, 9.17) is 5.11 Å². The Morgan fingerprint density at radius 2 is 2.12 bits per heavy atom. The Kier molecular flexibility index (Phi) is 4.95. The average molecular weight is 242 g/mol. The minimum atomic E-state index is -0.669.